The van der Waals surface area contributed by atoms with Gasteiger partial charge in [0.2, 0.25) is 5.82 Å². The van der Waals surface area contributed by atoms with Crippen molar-refractivity contribution in [1.29, 1.82) is 0 Å². The summed E-state index contributed by atoms with van der Waals surface area (Å²) in [7, 11) is 0. The summed E-state index contributed by atoms with van der Waals surface area (Å²) in [5, 5.41) is 29.5. The van der Waals surface area contributed by atoms with E-state index in [4.69, 9.17) is 10.5 Å². The number of rotatable bonds is 4. The second-order valence-electron chi connectivity index (χ2n) is 7.48. The molecule has 2 aromatic heterocycles. The molecule has 2 aliphatic rings. The smallest absolute Gasteiger partial charge is 0.208 e. The summed E-state index contributed by atoms with van der Waals surface area (Å²) in [5.74, 6) is 7.33. The van der Waals surface area contributed by atoms with Crippen molar-refractivity contribution in [2.75, 3.05) is 12.3 Å². The number of fused-ring (bicyclic) bond motifs is 1. The number of imidazole rings is 1. The standard InChI is InChI=1S/C19H25N5O4/c20-17-14-18(23-13(22-17)8-4-3-7-11-5-1-2-6-11)24(10-21-14)19-16(27)15(26)12(9-25)28-19/h10-12,15-16,19,25-27H,1-3,5-7,9H2,(H2,20,22,23)/t12-,15-,16-,19?/m1/s1. The molecule has 9 nitrogen and oxygen atoms in total. The first-order chi connectivity index (χ1) is 13.6. The molecule has 9 heteroatoms. The van der Waals surface area contributed by atoms with Gasteiger partial charge in [-0.3, -0.25) is 4.57 Å². The molecule has 28 heavy (non-hydrogen) atoms. The minimum atomic E-state index is -1.23. The highest BCUT2D eigenvalue weighted by Crippen LogP contribution is 2.32. The molecule has 1 saturated carbocycles. The molecule has 3 heterocycles. The SMILES string of the molecule is Nc1nc(C#CCCC2CCCC2)nc2c1ncn2C1O[C@H](CO)[C@@H](O)[C@H]1O. The topological polar surface area (TPSA) is 140 Å². The fourth-order valence-electron chi connectivity index (χ4n) is 4.01. The number of nitrogens with zero attached hydrogens (tertiary/aromatic N) is 4. The Morgan fingerprint density at radius 1 is 1.21 bits per heavy atom. The molecular weight excluding hydrogens is 362 g/mol. The number of hydrogen-bond donors (Lipinski definition) is 4. The molecule has 150 valence electrons. The summed E-state index contributed by atoms with van der Waals surface area (Å²) in [6, 6.07) is 0. The van der Waals surface area contributed by atoms with Gasteiger partial charge in [-0.05, 0) is 18.3 Å². The van der Waals surface area contributed by atoms with Crippen LogP contribution in [0.15, 0.2) is 6.33 Å². The molecule has 1 aliphatic heterocycles. The number of aliphatic hydroxyl groups is 3. The first-order valence-electron chi connectivity index (χ1n) is 9.70. The average molecular weight is 387 g/mol. The van der Waals surface area contributed by atoms with Crippen molar-refractivity contribution in [3.8, 4) is 11.8 Å². The lowest BCUT2D eigenvalue weighted by atomic mass is 10.0. The summed E-state index contributed by atoms with van der Waals surface area (Å²) in [5.41, 5.74) is 6.73. The third-order valence-electron chi connectivity index (χ3n) is 5.59. The Morgan fingerprint density at radius 3 is 2.71 bits per heavy atom. The average Bonchev–Trinajstić information content (AvgIpc) is 3.40. The first-order valence-corrected chi connectivity index (χ1v) is 9.70. The Morgan fingerprint density at radius 2 is 2.00 bits per heavy atom. The molecule has 0 bridgehead atoms. The maximum absolute atomic E-state index is 10.3. The molecule has 1 unspecified atom stereocenters. The molecule has 4 rings (SSSR count). The van der Waals surface area contributed by atoms with E-state index in [-0.39, 0.29) is 11.6 Å². The lowest BCUT2D eigenvalue weighted by molar-refractivity contribution is -0.0511. The molecule has 4 atom stereocenters. The highest BCUT2D eigenvalue weighted by Gasteiger charge is 2.44. The Bertz CT molecular complexity index is 899. The van der Waals surface area contributed by atoms with Gasteiger partial charge in [-0.2, -0.15) is 0 Å². The third kappa shape index (κ3) is 3.56. The summed E-state index contributed by atoms with van der Waals surface area (Å²) in [4.78, 5) is 12.8. The van der Waals surface area contributed by atoms with Crippen LogP contribution >= 0.6 is 0 Å². The van der Waals surface area contributed by atoms with Gasteiger partial charge >= 0.3 is 0 Å². The Labute approximate surface area is 162 Å². The molecule has 1 aliphatic carbocycles. The molecule has 2 aromatic rings. The zero-order chi connectivity index (χ0) is 19.7. The van der Waals surface area contributed by atoms with E-state index >= 15 is 0 Å². The molecule has 0 spiro atoms. The zero-order valence-corrected chi connectivity index (χ0v) is 15.5. The van der Waals surface area contributed by atoms with E-state index < -0.39 is 31.1 Å². The summed E-state index contributed by atoms with van der Waals surface area (Å²) >= 11 is 0. The monoisotopic (exact) mass is 387 g/mol. The normalized spacial score (nSPS) is 28.0. The van der Waals surface area contributed by atoms with Crippen LogP contribution in [0.4, 0.5) is 5.82 Å². The molecule has 1 saturated heterocycles. The summed E-state index contributed by atoms with van der Waals surface area (Å²) < 4.78 is 7.05. The number of anilines is 1. The van der Waals surface area contributed by atoms with E-state index in [0.29, 0.717) is 11.2 Å². The van der Waals surface area contributed by atoms with Crippen molar-refractivity contribution in [3.05, 3.63) is 12.2 Å². The first kappa shape index (κ1) is 19.1. The van der Waals surface area contributed by atoms with Gasteiger partial charge in [0.1, 0.15) is 23.8 Å². The fourth-order valence-corrected chi connectivity index (χ4v) is 4.01. The van der Waals surface area contributed by atoms with E-state index in [1.807, 2.05) is 0 Å². The van der Waals surface area contributed by atoms with Crippen LogP contribution < -0.4 is 5.73 Å². The van der Waals surface area contributed by atoms with Crippen molar-refractivity contribution in [2.45, 2.75) is 63.1 Å². The molecule has 2 fully saturated rings. The fraction of sp³-hybridized carbons (Fsp3) is 0.632. The van der Waals surface area contributed by atoms with Gasteiger partial charge in [-0.1, -0.05) is 31.6 Å². The Balaban J connectivity index is 1.57. The molecule has 0 radical (unpaired) electrons. The predicted octanol–water partition coefficient (Wildman–Crippen LogP) is 0.342. The van der Waals surface area contributed by atoms with Crippen LogP contribution in [-0.4, -0.2) is 59.8 Å². The van der Waals surface area contributed by atoms with Crippen LogP contribution in [0, 0.1) is 17.8 Å². The quantitative estimate of drug-likeness (QED) is 0.551. The van der Waals surface area contributed by atoms with E-state index in [2.05, 4.69) is 26.8 Å². The van der Waals surface area contributed by atoms with Gasteiger partial charge < -0.3 is 25.8 Å². The van der Waals surface area contributed by atoms with Crippen molar-refractivity contribution in [1.82, 2.24) is 19.5 Å². The van der Waals surface area contributed by atoms with Gasteiger partial charge in [0, 0.05) is 6.42 Å². The number of nitrogen functional groups attached to an aromatic ring is 1. The zero-order valence-electron chi connectivity index (χ0n) is 15.5. The van der Waals surface area contributed by atoms with E-state index in [1.54, 1.807) is 0 Å². The number of hydrogen-bond acceptors (Lipinski definition) is 8. The summed E-state index contributed by atoms with van der Waals surface area (Å²) in [6.45, 7) is -0.407. The number of nitrogens with two attached hydrogens (primary N) is 1. The van der Waals surface area contributed by atoms with Crippen LogP contribution in [0.1, 0.15) is 50.6 Å². The lowest BCUT2D eigenvalue weighted by Gasteiger charge is -2.16. The van der Waals surface area contributed by atoms with Crippen molar-refractivity contribution in [2.24, 2.45) is 5.92 Å². The molecular formula is C19H25N5O4. The van der Waals surface area contributed by atoms with E-state index in [1.165, 1.54) is 36.6 Å². The van der Waals surface area contributed by atoms with Crippen molar-refractivity contribution in [3.63, 3.8) is 0 Å². The van der Waals surface area contributed by atoms with E-state index in [0.717, 1.165) is 18.8 Å². The Kier molecular flexibility index (Phi) is 5.46. The second kappa shape index (κ2) is 8.01. The third-order valence-corrected chi connectivity index (χ3v) is 5.59. The van der Waals surface area contributed by atoms with Crippen LogP contribution in [0.5, 0.6) is 0 Å². The second-order valence-corrected chi connectivity index (χ2v) is 7.48. The van der Waals surface area contributed by atoms with Crippen molar-refractivity contribution < 1.29 is 20.1 Å². The van der Waals surface area contributed by atoms with Crippen LogP contribution in [-0.2, 0) is 4.74 Å². The van der Waals surface area contributed by atoms with Crippen LogP contribution in [0.2, 0.25) is 0 Å². The van der Waals surface area contributed by atoms with Crippen LogP contribution in [0.25, 0.3) is 11.2 Å². The minimum absolute atomic E-state index is 0.190. The van der Waals surface area contributed by atoms with Gasteiger partial charge in [-0.25, -0.2) is 15.0 Å². The molecule has 0 amide bonds. The minimum Gasteiger partial charge on any atom is -0.394 e. The van der Waals surface area contributed by atoms with Gasteiger partial charge in [0.15, 0.2) is 17.7 Å². The highest BCUT2D eigenvalue weighted by atomic mass is 16.6. The largest absolute Gasteiger partial charge is 0.394 e. The summed E-state index contributed by atoms with van der Waals surface area (Å²) in [6.07, 6.45) is 4.27. The maximum atomic E-state index is 10.3. The number of aliphatic hydroxyl groups excluding tert-OH is 3. The Hall–Kier alpha value is -2.25. The van der Waals surface area contributed by atoms with Gasteiger partial charge in [0.25, 0.3) is 0 Å². The number of aromatic nitrogens is 4. The lowest BCUT2D eigenvalue weighted by Crippen LogP contribution is -2.33. The van der Waals surface area contributed by atoms with Crippen molar-refractivity contribution >= 4 is 17.0 Å². The molecule has 0 aromatic carbocycles. The highest BCUT2D eigenvalue weighted by molar-refractivity contribution is 5.82. The molecule has 5 N–H and O–H groups in total. The van der Waals surface area contributed by atoms with Gasteiger partial charge in [-0.15, -0.1) is 0 Å². The van der Waals surface area contributed by atoms with Gasteiger partial charge in [0.05, 0.1) is 12.9 Å². The predicted molar refractivity (Wildman–Crippen MR) is 101 cm³/mol. The van der Waals surface area contributed by atoms with E-state index in [9.17, 15) is 15.3 Å². The maximum Gasteiger partial charge on any atom is 0.208 e. The van der Waals surface area contributed by atoms with Crippen LogP contribution in [0.3, 0.4) is 0 Å². The number of ether oxygens (including phenoxy) is 1.